The van der Waals surface area contributed by atoms with Gasteiger partial charge < -0.3 is 25.6 Å². The third-order valence-corrected chi connectivity index (χ3v) is 3.49. The Morgan fingerprint density at radius 1 is 1.40 bits per heavy atom. The van der Waals surface area contributed by atoms with Gasteiger partial charge in [-0.3, -0.25) is 4.79 Å². The van der Waals surface area contributed by atoms with Crippen LogP contribution in [-0.2, 0) is 9.53 Å². The lowest BCUT2D eigenvalue weighted by molar-refractivity contribution is -0.141. The van der Waals surface area contributed by atoms with E-state index in [0.717, 1.165) is 12.8 Å². The molecule has 0 aromatic rings. The highest BCUT2D eigenvalue weighted by molar-refractivity contribution is 5.74. The molecule has 1 aliphatic rings. The quantitative estimate of drug-likeness (QED) is 0.563. The van der Waals surface area contributed by atoms with Gasteiger partial charge in [0, 0.05) is 25.8 Å². The van der Waals surface area contributed by atoms with Gasteiger partial charge in [0.15, 0.2) is 0 Å². The van der Waals surface area contributed by atoms with Crippen LogP contribution in [0.25, 0.3) is 0 Å². The lowest BCUT2D eigenvalue weighted by Crippen LogP contribution is -2.49. The summed E-state index contributed by atoms with van der Waals surface area (Å²) >= 11 is 0. The number of hydrogen-bond donors (Lipinski definition) is 4. The van der Waals surface area contributed by atoms with Crippen LogP contribution in [0.15, 0.2) is 0 Å². The summed E-state index contributed by atoms with van der Waals surface area (Å²) in [6.07, 6.45) is 1.42. The fraction of sp³-hybridized carbons (Fsp3) is 0.846. The van der Waals surface area contributed by atoms with Crippen molar-refractivity contribution < 1.29 is 24.5 Å². The van der Waals surface area contributed by atoms with Crippen LogP contribution < -0.4 is 10.6 Å². The number of aliphatic hydroxyl groups is 1. The molecule has 116 valence electrons. The van der Waals surface area contributed by atoms with Crippen LogP contribution in [0, 0.1) is 5.92 Å². The number of carboxylic acid groups (broad SMARTS) is 1. The Labute approximate surface area is 118 Å². The van der Waals surface area contributed by atoms with E-state index < -0.39 is 24.0 Å². The number of aliphatic carboxylic acids is 1. The SMILES string of the molecule is CC(NC(=O)NCC(C)(O)CC(=O)O)C1CCOCC1. The van der Waals surface area contributed by atoms with E-state index in [9.17, 15) is 14.7 Å². The fourth-order valence-electron chi connectivity index (χ4n) is 2.25. The van der Waals surface area contributed by atoms with Gasteiger partial charge in [-0.15, -0.1) is 0 Å². The molecular formula is C13H24N2O5. The smallest absolute Gasteiger partial charge is 0.315 e. The molecule has 7 heteroatoms. The van der Waals surface area contributed by atoms with Gasteiger partial charge in [0.1, 0.15) is 0 Å². The summed E-state index contributed by atoms with van der Waals surface area (Å²) in [5.74, 6) is -0.721. The van der Waals surface area contributed by atoms with Gasteiger partial charge in [-0.25, -0.2) is 4.79 Å². The largest absolute Gasteiger partial charge is 0.481 e. The second kappa shape index (κ2) is 7.44. The molecule has 2 atom stereocenters. The van der Waals surface area contributed by atoms with E-state index in [2.05, 4.69) is 10.6 Å². The van der Waals surface area contributed by atoms with Gasteiger partial charge >= 0.3 is 12.0 Å². The van der Waals surface area contributed by atoms with E-state index in [4.69, 9.17) is 9.84 Å². The maximum atomic E-state index is 11.7. The third kappa shape index (κ3) is 6.21. The first-order chi connectivity index (χ1) is 9.30. The molecular weight excluding hydrogens is 264 g/mol. The topological polar surface area (TPSA) is 108 Å². The van der Waals surface area contributed by atoms with Crippen LogP contribution in [0.1, 0.15) is 33.1 Å². The molecule has 20 heavy (non-hydrogen) atoms. The summed E-state index contributed by atoms with van der Waals surface area (Å²) < 4.78 is 5.27. The summed E-state index contributed by atoms with van der Waals surface area (Å²) in [4.78, 5) is 22.3. The Kier molecular flexibility index (Phi) is 6.22. The molecule has 0 aromatic heterocycles. The van der Waals surface area contributed by atoms with E-state index in [1.807, 2.05) is 6.92 Å². The van der Waals surface area contributed by atoms with Gasteiger partial charge in [0.2, 0.25) is 0 Å². The molecule has 2 unspecified atom stereocenters. The van der Waals surface area contributed by atoms with E-state index in [1.165, 1.54) is 6.92 Å². The van der Waals surface area contributed by atoms with Crippen molar-refractivity contribution in [3.05, 3.63) is 0 Å². The average molecular weight is 288 g/mol. The highest BCUT2D eigenvalue weighted by atomic mass is 16.5. The summed E-state index contributed by atoms with van der Waals surface area (Å²) in [5.41, 5.74) is -1.45. The number of carbonyl (C=O) groups is 2. The highest BCUT2D eigenvalue weighted by Gasteiger charge is 2.26. The molecule has 1 aliphatic heterocycles. The maximum absolute atomic E-state index is 11.7. The fourth-order valence-corrected chi connectivity index (χ4v) is 2.25. The number of carboxylic acids is 1. The van der Waals surface area contributed by atoms with Crippen molar-refractivity contribution >= 4 is 12.0 Å². The number of rotatable bonds is 6. The van der Waals surface area contributed by atoms with Crippen molar-refractivity contribution in [3.8, 4) is 0 Å². The predicted octanol–water partition coefficient (Wildman–Crippen LogP) is 0.326. The van der Waals surface area contributed by atoms with Crippen LogP contribution in [0.2, 0.25) is 0 Å². The molecule has 0 spiro atoms. The van der Waals surface area contributed by atoms with Crippen molar-refractivity contribution in [3.63, 3.8) is 0 Å². The minimum absolute atomic E-state index is 0.0170. The first-order valence-electron chi connectivity index (χ1n) is 6.86. The number of amides is 2. The Bertz CT molecular complexity index is 340. The van der Waals surface area contributed by atoms with Crippen molar-refractivity contribution in [1.29, 1.82) is 0 Å². The van der Waals surface area contributed by atoms with Crippen molar-refractivity contribution in [2.75, 3.05) is 19.8 Å². The highest BCUT2D eigenvalue weighted by Crippen LogP contribution is 2.18. The average Bonchev–Trinajstić information content (AvgIpc) is 2.36. The lowest BCUT2D eigenvalue weighted by atomic mass is 9.93. The van der Waals surface area contributed by atoms with Gasteiger partial charge in [-0.2, -0.15) is 0 Å². The van der Waals surface area contributed by atoms with E-state index in [-0.39, 0.29) is 12.6 Å². The van der Waals surface area contributed by atoms with Gasteiger partial charge in [-0.05, 0) is 32.6 Å². The van der Waals surface area contributed by atoms with E-state index in [1.54, 1.807) is 0 Å². The minimum atomic E-state index is -1.45. The van der Waals surface area contributed by atoms with E-state index >= 15 is 0 Å². The minimum Gasteiger partial charge on any atom is -0.481 e. The van der Waals surface area contributed by atoms with Crippen LogP contribution in [-0.4, -0.2) is 53.6 Å². The summed E-state index contributed by atoms with van der Waals surface area (Å²) in [7, 11) is 0. The lowest BCUT2D eigenvalue weighted by Gasteiger charge is -2.29. The second-order valence-electron chi connectivity index (χ2n) is 5.63. The molecule has 1 fully saturated rings. The van der Waals surface area contributed by atoms with Crippen LogP contribution in [0.5, 0.6) is 0 Å². The summed E-state index contributed by atoms with van der Waals surface area (Å²) in [5, 5.41) is 23.7. The third-order valence-electron chi connectivity index (χ3n) is 3.49. The summed E-state index contributed by atoms with van der Waals surface area (Å²) in [6.45, 7) is 4.64. The molecule has 0 radical (unpaired) electrons. The second-order valence-corrected chi connectivity index (χ2v) is 5.63. The molecule has 0 aromatic carbocycles. The monoisotopic (exact) mass is 288 g/mol. The number of ether oxygens (including phenoxy) is 1. The van der Waals surface area contributed by atoms with Crippen LogP contribution in [0.3, 0.4) is 0 Å². The molecule has 1 heterocycles. The molecule has 0 bridgehead atoms. The van der Waals surface area contributed by atoms with Crippen LogP contribution in [0.4, 0.5) is 4.79 Å². The van der Waals surface area contributed by atoms with Gasteiger partial charge in [0.25, 0.3) is 0 Å². The predicted molar refractivity (Wildman–Crippen MR) is 72.4 cm³/mol. The first kappa shape index (κ1) is 16.7. The zero-order valence-electron chi connectivity index (χ0n) is 12.0. The van der Waals surface area contributed by atoms with Gasteiger partial charge in [0.05, 0.1) is 12.0 Å². The standard InChI is InChI=1S/C13H24N2O5/c1-9(10-3-5-20-6-4-10)15-12(18)14-8-13(2,19)7-11(16)17/h9-10,19H,3-8H2,1-2H3,(H,16,17)(H2,14,15,18). The van der Waals surface area contributed by atoms with E-state index in [0.29, 0.717) is 19.1 Å². The number of hydrogen-bond acceptors (Lipinski definition) is 4. The maximum Gasteiger partial charge on any atom is 0.315 e. The zero-order valence-corrected chi connectivity index (χ0v) is 12.0. The van der Waals surface area contributed by atoms with Crippen LogP contribution >= 0.6 is 0 Å². The molecule has 1 rings (SSSR count). The molecule has 4 N–H and O–H groups in total. The summed E-state index contributed by atoms with van der Waals surface area (Å²) in [6, 6.07) is -0.377. The van der Waals surface area contributed by atoms with Crippen molar-refractivity contribution in [2.24, 2.45) is 5.92 Å². The number of nitrogens with one attached hydrogen (secondary N) is 2. The molecule has 1 saturated heterocycles. The zero-order chi connectivity index (χ0) is 15.2. The number of urea groups is 1. The van der Waals surface area contributed by atoms with Crippen molar-refractivity contribution in [2.45, 2.75) is 44.8 Å². The van der Waals surface area contributed by atoms with Gasteiger partial charge in [-0.1, -0.05) is 0 Å². The normalized spacial score (nSPS) is 20.8. The Hall–Kier alpha value is -1.34. The molecule has 0 saturated carbocycles. The molecule has 2 amide bonds. The van der Waals surface area contributed by atoms with Crippen molar-refractivity contribution in [1.82, 2.24) is 10.6 Å². The molecule has 7 nitrogen and oxygen atoms in total. The molecule has 0 aliphatic carbocycles. The Morgan fingerprint density at radius 2 is 2.00 bits per heavy atom. The number of carbonyl (C=O) groups excluding carboxylic acids is 1. The Balaban J connectivity index is 2.30. The Morgan fingerprint density at radius 3 is 2.55 bits per heavy atom. The first-order valence-corrected chi connectivity index (χ1v) is 6.86.